The van der Waals surface area contributed by atoms with Crippen LogP contribution in [0.1, 0.15) is 16.1 Å². The van der Waals surface area contributed by atoms with E-state index in [1.807, 2.05) is 24.3 Å². The molecule has 0 fully saturated rings. The number of hydrogen-bond donors (Lipinski definition) is 1. The van der Waals surface area contributed by atoms with E-state index >= 15 is 0 Å². The molecule has 0 aliphatic rings. The Labute approximate surface area is 128 Å². The van der Waals surface area contributed by atoms with Crippen LogP contribution >= 0.6 is 0 Å². The van der Waals surface area contributed by atoms with E-state index in [-0.39, 0.29) is 5.69 Å². The van der Waals surface area contributed by atoms with Gasteiger partial charge in [-0.15, -0.1) is 0 Å². The molecule has 0 spiro atoms. The second-order valence-electron chi connectivity index (χ2n) is 4.58. The van der Waals surface area contributed by atoms with Gasteiger partial charge in [0.25, 0.3) is 5.69 Å². The number of carbonyl (C=O) groups excluding carboxylic acids is 1. The van der Waals surface area contributed by atoms with Crippen molar-refractivity contribution in [2.24, 2.45) is 0 Å². The number of nitrogens with zero attached hydrogens (tertiary/aromatic N) is 1. The van der Waals surface area contributed by atoms with E-state index in [1.165, 1.54) is 12.3 Å². The van der Waals surface area contributed by atoms with Crippen LogP contribution in [0.15, 0.2) is 48.7 Å². The van der Waals surface area contributed by atoms with Crippen LogP contribution in [0.3, 0.4) is 0 Å². The maximum Gasteiger partial charge on any atom is 0.317 e. The Bertz CT molecular complexity index is 614. The molecule has 2 rings (SSSR count). The van der Waals surface area contributed by atoms with E-state index in [0.717, 1.165) is 11.3 Å². The summed E-state index contributed by atoms with van der Waals surface area (Å²) in [5, 5.41) is 14.2. The van der Waals surface area contributed by atoms with Crippen LogP contribution in [0.2, 0.25) is 0 Å². The highest BCUT2D eigenvalue weighted by Crippen LogP contribution is 2.12. The normalized spacial score (nSPS) is 10.2. The maximum absolute atomic E-state index is 11.9. The maximum atomic E-state index is 11.9. The van der Waals surface area contributed by atoms with Crippen LogP contribution in [0.4, 0.5) is 0 Å². The van der Waals surface area contributed by atoms with Gasteiger partial charge in [0.05, 0.1) is 6.61 Å². The Kier molecular flexibility index (Phi) is 5.73. The van der Waals surface area contributed by atoms with Crippen LogP contribution in [0.25, 0.3) is 0 Å². The topological polar surface area (TPSA) is 74.5 Å². The lowest BCUT2D eigenvalue weighted by atomic mass is 10.2. The number of nitrogens with one attached hydrogen (secondary N) is 1. The van der Waals surface area contributed by atoms with E-state index in [4.69, 9.17) is 9.47 Å². The second-order valence-corrected chi connectivity index (χ2v) is 4.58. The third-order valence-corrected chi connectivity index (χ3v) is 2.99. The molecule has 0 atom stereocenters. The zero-order chi connectivity index (χ0) is 15.8. The Balaban J connectivity index is 1.86. The minimum Gasteiger partial charge on any atom is -0.618 e. The lowest BCUT2D eigenvalue weighted by Crippen LogP contribution is -2.38. The number of methoxy groups -OCH3 is 1. The minimum atomic E-state index is -0.406. The van der Waals surface area contributed by atoms with E-state index in [0.29, 0.717) is 24.5 Å². The van der Waals surface area contributed by atoms with E-state index in [1.54, 1.807) is 19.2 Å². The van der Waals surface area contributed by atoms with Crippen molar-refractivity contribution in [3.05, 3.63) is 65.1 Å². The molecule has 1 N–H and O–H groups in total. The molecule has 2 aromatic rings. The SMILES string of the molecule is COCCOc1ccc(CNC(=O)c2cccc[n+]2[O-])cc1. The Morgan fingerprint density at radius 2 is 1.95 bits per heavy atom. The van der Waals surface area contributed by atoms with Crippen LogP contribution in [0.5, 0.6) is 5.75 Å². The first-order valence-electron chi connectivity index (χ1n) is 6.88. The predicted molar refractivity (Wildman–Crippen MR) is 80.4 cm³/mol. The lowest BCUT2D eigenvalue weighted by molar-refractivity contribution is -0.607. The van der Waals surface area contributed by atoms with Crippen molar-refractivity contribution >= 4 is 5.91 Å². The van der Waals surface area contributed by atoms with Crippen molar-refractivity contribution in [3.8, 4) is 5.75 Å². The molecule has 22 heavy (non-hydrogen) atoms. The fourth-order valence-electron chi connectivity index (χ4n) is 1.82. The monoisotopic (exact) mass is 302 g/mol. The Morgan fingerprint density at radius 3 is 2.64 bits per heavy atom. The molecule has 116 valence electrons. The molecule has 1 amide bonds. The predicted octanol–water partition coefficient (Wildman–Crippen LogP) is 1.28. The third-order valence-electron chi connectivity index (χ3n) is 2.99. The Hall–Kier alpha value is -2.60. The third kappa shape index (κ3) is 4.46. The summed E-state index contributed by atoms with van der Waals surface area (Å²) in [5.41, 5.74) is 0.989. The molecule has 0 unspecified atom stereocenters. The number of hydrogen-bond acceptors (Lipinski definition) is 4. The van der Waals surface area contributed by atoms with Crippen molar-refractivity contribution < 1.29 is 19.0 Å². The summed E-state index contributed by atoms with van der Waals surface area (Å²) in [6, 6.07) is 12.1. The van der Waals surface area contributed by atoms with Crippen molar-refractivity contribution in [1.29, 1.82) is 0 Å². The number of amides is 1. The van der Waals surface area contributed by atoms with Crippen molar-refractivity contribution in [2.45, 2.75) is 6.54 Å². The number of aromatic nitrogens is 1. The van der Waals surface area contributed by atoms with E-state index in [2.05, 4.69) is 5.32 Å². The number of ether oxygens (including phenoxy) is 2. The first kappa shape index (κ1) is 15.8. The number of carbonyl (C=O) groups is 1. The quantitative estimate of drug-likeness (QED) is 0.475. The van der Waals surface area contributed by atoms with Gasteiger partial charge in [0.2, 0.25) is 0 Å². The van der Waals surface area contributed by atoms with Crippen molar-refractivity contribution in [2.75, 3.05) is 20.3 Å². The van der Waals surface area contributed by atoms with Crippen LogP contribution in [0, 0.1) is 5.21 Å². The Morgan fingerprint density at radius 1 is 1.18 bits per heavy atom. The van der Waals surface area contributed by atoms with Gasteiger partial charge in [-0.1, -0.05) is 12.1 Å². The zero-order valence-electron chi connectivity index (χ0n) is 12.3. The van der Waals surface area contributed by atoms with E-state index in [9.17, 15) is 10.0 Å². The molecule has 1 aromatic heterocycles. The summed E-state index contributed by atoms with van der Waals surface area (Å²) in [6.07, 6.45) is 1.29. The standard InChI is InChI=1S/C16H18N2O4/c1-21-10-11-22-14-7-5-13(6-8-14)12-17-16(19)15-4-2-3-9-18(15)20/h2-9H,10-12H2,1H3,(H,17,19). The van der Waals surface area contributed by atoms with Gasteiger partial charge in [0.15, 0.2) is 6.20 Å². The molecule has 0 bridgehead atoms. The smallest absolute Gasteiger partial charge is 0.317 e. The molecule has 0 aliphatic carbocycles. The summed E-state index contributed by atoms with van der Waals surface area (Å²) < 4.78 is 10.9. The summed E-state index contributed by atoms with van der Waals surface area (Å²) >= 11 is 0. The van der Waals surface area contributed by atoms with Crippen molar-refractivity contribution in [3.63, 3.8) is 0 Å². The second kappa shape index (κ2) is 7.99. The number of benzene rings is 1. The average Bonchev–Trinajstić information content (AvgIpc) is 2.54. The molecule has 6 heteroatoms. The van der Waals surface area contributed by atoms with E-state index < -0.39 is 5.91 Å². The summed E-state index contributed by atoms with van der Waals surface area (Å²) in [4.78, 5) is 11.9. The first-order valence-corrected chi connectivity index (χ1v) is 6.88. The fourth-order valence-corrected chi connectivity index (χ4v) is 1.82. The molecule has 0 radical (unpaired) electrons. The molecular formula is C16H18N2O4. The average molecular weight is 302 g/mol. The molecule has 0 saturated carbocycles. The van der Waals surface area contributed by atoms with Gasteiger partial charge in [-0.05, 0) is 23.8 Å². The summed E-state index contributed by atoms with van der Waals surface area (Å²) in [5.74, 6) is 0.337. The first-order chi connectivity index (χ1) is 10.7. The molecule has 1 aromatic carbocycles. The lowest BCUT2D eigenvalue weighted by Gasteiger charge is -2.08. The molecule has 0 aliphatic heterocycles. The van der Waals surface area contributed by atoms with Gasteiger partial charge in [-0.3, -0.25) is 4.79 Å². The highest BCUT2D eigenvalue weighted by molar-refractivity contribution is 5.90. The van der Waals surface area contributed by atoms with Crippen LogP contribution in [-0.2, 0) is 11.3 Å². The summed E-state index contributed by atoms with van der Waals surface area (Å²) in [6.45, 7) is 1.36. The number of pyridine rings is 1. The van der Waals surface area contributed by atoms with Gasteiger partial charge in [0.1, 0.15) is 12.4 Å². The molecule has 6 nitrogen and oxygen atoms in total. The highest BCUT2D eigenvalue weighted by atomic mass is 16.5. The fraction of sp³-hybridized carbons (Fsp3) is 0.250. The number of rotatable bonds is 7. The highest BCUT2D eigenvalue weighted by Gasteiger charge is 2.14. The van der Waals surface area contributed by atoms with Crippen LogP contribution in [-0.4, -0.2) is 26.2 Å². The van der Waals surface area contributed by atoms with Gasteiger partial charge >= 0.3 is 5.91 Å². The molecule has 1 heterocycles. The minimum absolute atomic E-state index is 0.0713. The van der Waals surface area contributed by atoms with Crippen LogP contribution < -0.4 is 14.8 Å². The van der Waals surface area contributed by atoms with Gasteiger partial charge in [-0.25, -0.2) is 0 Å². The zero-order valence-corrected chi connectivity index (χ0v) is 12.3. The van der Waals surface area contributed by atoms with Crippen molar-refractivity contribution in [1.82, 2.24) is 5.32 Å². The molecular weight excluding hydrogens is 284 g/mol. The van der Waals surface area contributed by atoms with Gasteiger partial charge in [-0.2, -0.15) is 4.73 Å². The van der Waals surface area contributed by atoms with Gasteiger partial charge in [0, 0.05) is 25.8 Å². The molecule has 0 saturated heterocycles. The summed E-state index contributed by atoms with van der Waals surface area (Å²) in [7, 11) is 1.62. The van der Waals surface area contributed by atoms with Gasteiger partial charge < -0.3 is 20.0 Å². The largest absolute Gasteiger partial charge is 0.618 e.